The normalized spacial score (nSPS) is 17.5. The molecule has 0 saturated carbocycles. The van der Waals surface area contributed by atoms with E-state index >= 15 is 0 Å². The smallest absolute Gasteiger partial charge is 0.289 e. The first-order chi connectivity index (χ1) is 12.6. The quantitative estimate of drug-likeness (QED) is 0.822. The molecule has 140 valence electrons. The number of likely N-dealkylation sites (tertiary alicyclic amines) is 1. The van der Waals surface area contributed by atoms with E-state index in [9.17, 15) is 4.79 Å². The van der Waals surface area contributed by atoms with Crippen LogP contribution >= 0.6 is 0 Å². The summed E-state index contributed by atoms with van der Waals surface area (Å²) in [5.74, 6) is 1.82. The lowest BCUT2D eigenvalue weighted by molar-refractivity contribution is 0.0662. The number of piperidine rings is 1. The van der Waals surface area contributed by atoms with E-state index in [1.165, 1.54) is 5.56 Å². The molecule has 1 aliphatic rings. The maximum absolute atomic E-state index is 12.4. The van der Waals surface area contributed by atoms with Crippen LogP contribution in [0.15, 0.2) is 47.1 Å². The second kappa shape index (κ2) is 8.90. The average molecular weight is 356 g/mol. The highest BCUT2D eigenvalue weighted by Gasteiger charge is 2.25. The van der Waals surface area contributed by atoms with E-state index in [-0.39, 0.29) is 5.91 Å². The summed E-state index contributed by atoms with van der Waals surface area (Å²) < 4.78 is 11.0. The molecule has 0 aliphatic carbocycles. The molecule has 2 aromatic rings. The van der Waals surface area contributed by atoms with Crippen LogP contribution in [0.25, 0.3) is 0 Å². The third-order valence-electron chi connectivity index (χ3n) is 4.52. The number of nitrogens with zero attached hydrogens (tertiary/aromatic N) is 1. The number of hydrogen-bond acceptors (Lipinski definition) is 4. The number of rotatable bonds is 7. The molecule has 1 saturated heterocycles. The van der Waals surface area contributed by atoms with E-state index in [1.54, 1.807) is 18.4 Å². The Kier molecular flexibility index (Phi) is 6.34. The number of hydrogen-bond donors (Lipinski definition) is 1. The van der Waals surface area contributed by atoms with Crippen molar-refractivity contribution in [1.29, 1.82) is 0 Å². The number of furan rings is 1. The van der Waals surface area contributed by atoms with Gasteiger partial charge in [-0.1, -0.05) is 26.0 Å². The van der Waals surface area contributed by atoms with Crippen molar-refractivity contribution in [3.63, 3.8) is 0 Å². The van der Waals surface area contributed by atoms with Crippen molar-refractivity contribution in [2.24, 2.45) is 5.92 Å². The summed E-state index contributed by atoms with van der Waals surface area (Å²) in [6.07, 6.45) is 3.62. The fourth-order valence-corrected chi connectivity index (χ4v) is 3.15. The van der Waals surface area contributed by atoms with Crippen molar-refractivity contribution in [2.75, 3.05) is 19.7 Å². The zero-order valence-corrected chi connectivity index (χ0v) is 15.6. The van der Waals surface area contributed by atoms with Crippen molar-refractivity contribution in [2.45, 2.75) is 39.3 Å². The fraction of sp³-hybridized carbons (Fsp3) is 0.476. The van der Waals surface area contributed by atoms with Gasteiger partial charge in [0.25, 0.3) is 5.91 Å². The van der Waals surface area contributed by atoms with Crippen LogP contribution in [-0.4, -0.2) is 36.5 Å². The van der Waals surface area contributed by atoms with Gasteiger partial charge in [0.15, 0.2) is 5.76 Å². The highest BCUT2D eigenvalue weighted by atomic mass is 16.5. The summed E-state index contributed by atoms with van der Waals surface area (Å²) in [7, 11) is 0. The second-order valence-corrected chi connectivity index (χ2v) is 7.30. The zero-order chi connectivity index (χ0) is 18.4. The molecule has 5 nitrogen and oxygen atoms in total. The van der Waals surface area contributed by atoms with Crippen LogP contribution in [0.2, 0.25) is 0 Å². The van der Waals surface area contributed by atoms with Crippen LogP contribution in [0.4, 0.5) is 0 Å². The molecule has 1 aromatic heterocycles. The molecule has 1 fully saturated rings. The first-order valence-corrected chi connectivity index (χ1v) is 9.39. The summed E-state index contributed by atoms with van der Waals surface area (Å²) >= 11 is 0. The van der Waals surface area contributed by atoms with Gasteiger partial charge in [0, 0.05) is 25.7 Å². The molecular weight excluding hydrogens is 328 g/mol. The number of ether oxygens (including phenoxy) is 1. The third-order valence-corrected chi connectivity index (χ3v) is 4.52. The minimum absolute atomic E-state index is 0.0226. The van der Waals surface area contributed by atoms with Gasteiger partial charge in [-0.15, -0.1) is 0 Å². The van der Waals surface area contributed by atoms with Crippen LogP contribution < -0.4 is 10.1 Å². The van der Waals surface area contributed by atoms with Gasteiger partial charge in [-0.3, -0.25) is 4.79 Å². The zero-order valence-electron chi connectivity index (χ0n) is 15.6. The lowest BCUT2D eigenvalue weighted by Gasteiger charge is -2.32. The topological polar surface area (TPSA) is 54.7 Å². The van der Waals surface area contributed by atoms with Crippen LogP contribution in [0, 0.1) is 5.92 Å². The number of carbonyl (C=O) groups is 1. The summed E-state index contributed by atoms with van der Waals surface area (Å²) in [6.45, 7) is 7.28. The van der Waals surface area contributed by atoms with Gasteiger partial charge in [-0.05, 0) is 48.6 Å². The molecule has 1 aliphatic heterocycles. The van der Waals surface area contributed by atoms with Crippen LogP contribution in [0.5, 0.6) is 5.75 Å². The van der Waals surface area contributed by atoms with Gasteiger partial charge in [-0.2, -0.15) is 0 Å². The van der Waals surface area contributed by atoms with Crippen LogP contribution in [-0.2, 0) is 6.54 Å². The largest absolute Gasteiger partial charge is 0.493 e. The van der Waals surface area contributed by atoms with Gasteiger partial charge in [-0.25, -0.2) is 0 Å². The maximum atomic E-state index is 12.4. The Morgan fingerprint density at radius 1 is 1.35 bits per heavy atom. The third kappa shape index (κ3) is 5.11. The van der Waals surface area contributed by atoms with Crippen molar-refractivity contribution >= 4 is 5.91 Å². The molecule has 1 atom stereocenters. The molecule has 26 heavy (non-hydrogen) atoms. The van der Waals surface area contributed by atoms with Gasteiger partial charge < -0.3 is 19.4 Å². The Morgan fingerprint density at radius 2 is 2.23 bits per heavy atom. The molecule has 0 spiro atoms. The first kappa shape index (κ1) is 18.5. The minimum Gasteiger partial charge on any atom is -0.493 e. The van der Waals surface area contributed by atoms with Crippen molar-refractivity contribution < 1.29 is 13.9 Å². The molecule has 1 N–H and O–H groups in total. The summed E-state index contributed by atoms with van der Waals surface area (Å²) in [5.41, 5.74) is 1.20. The molecule has 5 heteroatoms. The Balaban J connectivity index is 1.51. The van der Waals surface area contributed by atoms with Gasteiger partial charge in [0.1, 0.15) is 5.75 Å². The van der Waals surface area contributed by atoms with Gasteiger partial charge in [0.05, 0.1) is 12.9 Å². The van der Waals surface area contributed by atoms with Crippen LogP contribution in [0.3, 0.4) is 0 Å². The fourth-order valence-electron chi connectivity index (χ4n) is 3.15. The monoisotopic (exact) mass is 356 g/mol. The minimum atomic E-state index is -0.0226. The van der Waals surface area contributed by atoms with Gasteiger partial charge >= 0.3 is 0 Å². The summed E-state index contributed by atoms with van der Waals surface area (Å²) in [6, 6.07) is 12.0. The number of benzene rings is 1. The van der Waals surface area contributed by atoms with E-state index in [0.717, 1.165) is 38.3 Å². The van der Waals surface area contributed by atoms with E-state index in [1.807, 2.05) is 17.0 Å². The number of amides is 1. The van der Waals surface area contributed by atoms with E-state index in [4.69, 9.17) is 9.15 Å². The number of carbonyl (C=O) groups excluding carboxylic acids is 1. The Hall–Kier alpha value is -2.27. The highest BCUT2D eigenvalue weighted by Crippen LogP contribution is 2.17. The maximum Gasteiger partial charge on any atom is 0.289 e. The molecule has 1 aromatic carbocycles. The Labute approximate surface area is 155 Å². The second-order valence-electron chi connectivity index (χ2n) is 7.30. The number of nitrogens with one attached hydrogen (secondary N) is 1. The van der Waals surface area contributed by atoms with E-state index in [0.29, 0.717) is 24.3 Å². The standard InChI is InChI=1S/C21H28N2O3/c1-16(2)15-26-19-8-3-6-17(12-19)13-22-18-7-4-10-23(14-18)21(24)20-9-5-11-25-20/h3,5-6,8-9,11-12,16,18,22H,4,7,10,13-15H2,1-2H3. The van der Waals surface area contributed by atoms with E-state index in [2.05, 4.69) is 31.3 Å². The van der Waals surface area contributed by atoms with Crippen molar-refractivity contribution in [3.05, 3.63) is 54.0 Å². The molecule has 0 bridgehead atoms. The van der Waals surface area contributed by atoms with Crippen LogP contribution in [0.1, 0.15) is 42.8 Å². The SMILES string of the molecule is CC(C)COc1cccc(CNC2CCCN(C(=O)c3ccco3)C2)c1. The molecule has 1 unspecified atom stereocenters. The molecule has 3 rings (SSSR count). The lowest BCUT2D eigenvalue weighted by Crippen LogP contribution is -2.47. The summed E-state index contributed by atoms with van der Waals surface area (Å²) in [4.78, 5) is 14.3. The Bertz CT molecular complexity index is 697. The molecule has 0 radical (unpaired) electrons. The van der Waals surface area contributed by atoms with Crippen molar-refractivity contribution in [3.8, 4) is 5.75 Å². The predicted molar refractivity (Wildman–Crippen MR) is 101 cm³/mol. The molecule has 2 heterocycles. The lowest BCUT2D eigenvalue weighted by atomic mass is 10.0. The van der Waals surface area contributed by atoms with E-state index < -0.39 is 0 Å². The van der Waals surface area contributed by atoms with Gasteiger partial charge in [0.2, 0.25) is 0 Å². The molecule has 1 amide bonds. The van der Waals surface area contributed by atoms with Crippen molar-refractivity contribution in [1.82, 2.24) is 10.2 Å². The predicted octanol–water partition coefficient (Wildman–Crippen LogP) is 3.71. The highest BCUT2D eigenvalue weighted by molar-refractivity contribution is 5.91. The average Bonchev–Trinajstić information content (AvgIpc) is 3.19. The summed E-state index contributed by atoms with van der Waals surface area (Å²) in [5, 5.41) is 3.58. The first-order valence-electron chi connectivity index (χ1n) is 9.39. The Morgan fingerprint density at radius 3 is 3.00 bits per heavy atom. The molecular formula is C21H28N2O3.